The fourth-order valence-electron chi connectivity index (χ4n) is 1.92. The minimum atomic E-state index is 0. The van der Waals surface area contributed by atoms with E-state index >= 15 is 0 Å². The highest BCUT2D eigenvalue weighted by Gasteiger charge is 2.10. The fourth-order valence-corrected chi connectivity index (χ4v) is 2.79. The summed E-state index contributed by atoms with van der Waals surface area (Å²) in [5, 5.41) is 11.5. The van der Waals surface area contributed by atoms with Gasteiger partial charge in [0.1, 0.15) is 10.8 Å². The van der Waals surface area contributed by atoms with Gasteiger partial charge in [0.25, 0.3) is 0 Å². The molecule has 0 aliphatic carbocycles. The van der Waals surface area contributed by atoms with Gasteiger partial charge in [-0.3, -0.25) is 4.99 Å². The molecule has 0 atom stereocenters. The second-order valence-corrected chi connectivity index (χ2v) is 6.12. The van der Waals surface area contributed by atoms with Crippen molar-refractivity contribution in [3.05, 3.63) is 32.6 Å². The normalized spacial score (nSPS) is 11.2. The van der Waals surface area contributed by atoms with E-state index in [0.717, 1.165) is 33.7 Å². The van der Waals surface area contributed by atoms with Crippen molar-refractivity contribution in [3.8, 4) is 0 Å². The van der Waals surface area contributed by atoms with Gasteiger partial charge in [-0.1, -0.05) is 5.16 Å². The van der Waals surface area contributed by atoms with Gasteiger partial charge in [0.2, 0.25) is 0 Å². The fraction of sp³-hybridized carbons (Fsp3) is 0.500. The van der Waals surface area contributed by atoms with E-state index in [9.17, 15) is 0 Å². The van der Waals surface area contributed by atoms with Gasteiger partial charge in [0.15, 0.2) is 5.96 Å². The molecule has 0 unspecified atom stereocenters. The average Bonchev–Trinajstić information content (AvgIpc) is 2.94. The van der Waals surface area contributed by atoms with Gasteiger partial charge < -0.3 is 15.2 Å². The smallest absolute Gasteiger partial charge is 0.191 e. The van der Waals surface area contributed by atoms with Gasteiger partial charge in [-0.25, -0.2) is 4.98 Å². The van der Waals surface area contributed by atoms with Gasteiger partial charge in [-0.15, -0.1) is 35.3 Å². The summed E-state index contributed by atoms with van der Waals surface area (Å²) in [5.41, 5.74) is 3.07. The van der Waals surface area contributed by atoms with E-state index in [-0.39, 0.29) is 24.0 Å². The largest absolute Gasteiger partial charge is 0.361 e. The molecule has 0 amide bonds. The maximum absolute atomic E-state index is 5.15. The van der Waals surface area contributed by atoms with E-state index in [1.807, 2.05) is 20.8 Å². The monoisotopic (exact) mass is 435 g/mol. The number of thiazole rings is 1. The zero-order valence-electron chi connectivity index (χ0n) is 13.5. The Morgan fingerprint density at radius 3 is 2.32 bits per heavy atom. The average molecular weight is 435 g/mol. The molecule has 0 saturated heterocycles. The molecule has 8 heteroatoms. The molecular weight excluding hydrogens is 413 g/mol. The Labute approximate surface area is 151 Å². The van der Waals surface area contributed by atoms with E-state index in [1.165, 1.54) is 4.88 Å². The van der Waals surface area contributed by atoms with Crippen LogP contribution in [-0.4, -0.2) is 23.1 Å². The molecule has 122 valence electrons. The molecular formula is C14H22IN5OS. The molecule has 2 aromatic heterocycles. The number of halogens is 1. The summed E-state index contributed by atoms with van der Waals surface area (Å²) in [6.07, 6.45) is 0. The molecule has 0 bridgehead atoms. The second-order valence-electron chi connectivity index (χ2n) is 4.83. The van der Waals surface area contributed by atoms with Crippen molar-refractivity contribution in [3.63, 3.8) is 0 Å². The molecule has 2 aromatic rings. The number of hydrogen-bond acceptors (Lipinski definition) is 5. The topological polar surface area (TPSA) is 75.3 Å². The number of nitrogens with one attached hydrogen (secondary N) is 2. The Kier molecular flexibility index (Phi) is 7.27. The lowest BCUT2D eigenvalue weighted by Crippen LogP contribution is -2.36. The van der Waals surface area contributed by atoms with Crippen molar-refractivity contribution in [1.82, 2.24) is 20.8 Å². The van der Waals surface area contributed by atoms with Crippen LogP contribution in [-0.2, 0) is 13.1 Å². The van der Waals surface area contributed by atoms with E-state index in [1.54, 1.807) is 18.4 Å². The molecule has 0 aliphatic heterocycles. The minimum absolute atomic E-state index is 0. The van der Waals surface area contributed by atoms with Gasteiger partial charge in [0, 0.05) is 24.0 Å². The summed E-state index contributed by atoms with van der Waals surface area (Å²) in [6, 6.07) is 0. The zero-order valence-corrected chi connectivity index (χ0v) is 16.6. The summed E-state index contributed by atoms with van der Waals surface area (Å²) in [5.74, 6) is 1.57. The van der Waals surface area contributed by atoms with E-state index < -0.39 is 0 Å². The van der Waals surface area contributed by atoms with Crippen LogP contribution in [0.4, 0.5) is 0 Å². The summed E-state index contributed by atoms with van der Waals surface area (Å²) in [6.45, 7) is 9.26. The number of aromatic nitrogens is 2. The second kappa shape index (κ2) is 8.47. The number of nitrogens with zero attached hydrogens (tertiary/aromatic N) is 3. The highest BCUT2D eigenvalue weighted by atomic mass is 127. The first-order valence-corrected chi connectivity index (χ1v) is 7.62. The molecule has 22 heavy (non-hydrogen) atoms. The minimum Gasteiger partial charge on any atom is -0.361 e. The number of guanidine groups is 1. The Morgan fingerprint density at radius 1 is 1.14 bits per heavy atom. The van der Waals surface area contributed by atoms with Crippen molar-refractivity contribution in [2.75, 3.05) is 7.05 Å². The van der Waals surface area contributed by atoms with Gasteiger partial charge in [0.05, 0.1) is 17.9 Å². The van der Waals surface area contributed by atoms with Crippen molar-refractivity contribution in [2.24, 2.45) is 4.99 Å². The number of hydrogen-bond donors (Lipinski definition) is 2. The summed E-state index contributed by atoms with van der Waals surface area (Å²) in [4.78, 5) is 9.97. The number of aliphatic imine (C=N–C) groups is 1. The van der Waals surface area contributed by atoms with Crippen LogP contribution in [0.25, 0.3) is 0 Å². The van der Waals surface area contributed by atoms with Gasteiger partial charge in [-0.05, 0) is 27.7 Å². The van der Waals surface area contributed by atoms with Crippen molar-refractivity contribution in [2.45, 2.75) is 40.8 Å². The summed E-state index contributed by atoms with van der Waals surface area (Å²) < 4.78 is 5.15. The van der Waals surface area contributed by atoms with E-state index in [2.05, 4.69) is 32.7 Å². The highest BCUT2D eigenvalue weighted by molar-refractivity contribution is 14.0. The number of rotatable bonds is 4. The molecule has 2 N–H and O–H groups in total. The zero-order chi connectivity index (χ0) is 15.4. The van der Waals surface area contributed by atoms with E-state index in [0.29, 0.717) is 13.1 Å². The highest BCUT2D eigenvalue weighted by Crippen LogP contribution is 2.16. The first kappa shape index (κ1) is 18.9. The Hall–Kier alpha value is -1.16. The maximum atomic E-state index is 5.15. The van der Waals surface area contributed by atoms with Crippen LogP contribution in [0, 0.1) is 27.7 Å². The molecule has 2 heterocycles. The van der Waals surface area contributed by atoms with Gasteiger partial charge in [-0.2, -0.15) is 0 Å². The lowest BCUT2D eigenvalue weighted by molar-refractivity contribution is 0.392. The first-order chi connectivity index (χ1) is 10.0. The Morgan fingerprint density at radius 2 is 1.82 bits per heavy atom. The van der Waals surface area contributed by atoms with Crippen molar-refractivity contribution in [1.29, 1.82) is 0 Å². The van der Waals surface area contributed by atoms with Crippen molar-refractivity contribution < 1.29 is 4.52 Å². The third-order valence-corrected chi connectivity index (χ3v) is 4.39. The third kappa shape index (κ3) is 4.67. The molecule has 6 nitrogen and oxygen atoms in total. The standard InChI is InChI=1S/C14H21N5OS.HI/c1-8-11(4)21-13(18-8)7-17-14(15-5)16-6-12-9(2)19-20-10(12)3;/h6-7H2,1-5H3,(H2,15,16,17);1H. The van der Waals surface area contributed by atoms with Crippen LogP contribution in [0.15, 0.2) is 9.52 Å². The molecule has 0 radical (unpaired) electrons. The van der Waals surface area contributed by atoms with Gasteiger partial charge >= 0.3 is 0 Å². The Bertz CT molecular complexity index is 611. The van der Waals surface area contributed by atoms with Crippen LogP contribution in [0.3, 0.4) is 0 Å². The van der Waals surface area contributed by atoms with Crippen LogP contribution >= 0.6 is 35.3 Å². The molecule has 0 aliphatic rings. The van der Waals surface area contributed by atoms with Crippen LogP contribution in [0.5, 0.6) is 0 Å². The van der Waals surface area contributed by atoms with Crippen LogP contribution in [0.1, 0.15) is 32.6 Å². The van der Waals surface area contributed by atoms with Crippen LogP contribution < -0.4 is 10.6 Å². The van der Waals surface area contributed by atoms with E-state index in [4.69, 9.17) is 4.52 Å². The maximum Gasteiger partial charge on any atom is 0.191 e. The SMILES string of the molecule is CN=C(NCc1nc(C)c(C)s1)NCc1c(C)noc1C.I. The molecule has 0 fully saturated rings. The Balaban J connectivity index is 0.00000242. The summed E-state index contributed by atoms with van der Waals surface area (Å²) in [7, 11) is 1.75. The molecule has 0 saturated carbocycles. The van der Waals surface area contributed by atoms with Crippen molar-refractivity contribution >= 4 is 41.3 Å². The lowest BCUT2D eigenvalue weighted by Gasteiger charge is -2.10. The quantitative estimate of drug-likeness (QED) is 0.439. The number of aryl methyl sites for hydroxylation is 4. The predicted octanol–water partition coefficient (Wildman–Crippen LogP) is 2.85. The predicted molar refractivity (Wildman–Crippen MR) is 100 cm³/mol. The van der Waals surface area contributed by atoms with Crippen LogP contribution in [0.2, 0.25) is 0 Å². The first-order valence-electron chi connectivity index (χ1n) is 6.80. The molecule has 0 spiro atoms. The lowest BCUT2D eigenvalue weighted by atomic mass is 10.2. The molecule has 0 aromatic carbocycles. The molecule has 2 rings (SSSR count). The third-order valence-electron chi connectivity index (χ3n) is 3.32. The summed E-state index contributed by atoms with van der Waals surface area (Å²) >= 11 is 1.71.